The number of amides is 1. The molecule has 0 spiro atoms. The van der Waals surface area contributed by atoms with Gasteiger partial charge in [-0.15, -0.1) is 0 Å². The van der Waals surface area contributed by atoms with Crippen LogP contribution >= 0.6 is 0 Å². The van der Waals surface area contributed by atoms with E-state index >= 15 is 0 Å². The molecule has 15 heavy (non-hydrogen) atoms. The Morgan fingerprint density at radius 2 is 1.93 bits per heavy atom. The molecule has 0 heterocycles. The average Bonchev–Trinajstić information content (AvgIpc) is 2.17. The first-order valence-corrected chi connectivity index (χ1v) is 5.03. The average molecular weight is 224 g/mol. The van der Waals surface area contributed by atoms with Crippen LogP contribution in [-0.2, 0) is 4.79 Å². The molecule has 0 radical (unpaired) electrons. The van der Waals surface area contributed by atoms with Crippen molar-refractivity contribution >= 4 is 5.91 Å². The highest BCUT2D eigenvalue weighted by atomic mass is 19.4. The monoisotopic (exact) mass is 224 g/mol. The third-order valence-electron chi connectivity index (χ3n) is 2.79. The highest BCUT2D eigenvalue weighted by Gasteiger charge is 2.40. The number of hydrogen-bond donors (Lipinski definition) is 2. The summed E-state index contributed by atoms with van der Waals surface area (Å²) in [5.74, 6) is -1.88. The maximum absolute atomic E-state index is 12.0. The van der Waals surface area contributed by atoms with E-state index in [9.17, 15) is 18.0 Å². The molecule has 3 N–H and O–H groups in total. The van der Waals surface area contributed by atoms with E-state index in [0.29, 0.717) is 13.0 Å². The summed E-state index contributed by atoms with van der Waals surface area (Å²) in [5.41, 5.74) is 5.45. The Morgan fingerprint density at radius 1 is 1.33 bits per heavy atom. The fourth-order valence-corrected chi connectivity index (χ4v) is 1.93. The van der Waals surface area contributed by atoms with E-state index in [1.165, 1.54) is 0 Å². The largest absolute Gasteiger partial charge is 0.471 e. The topological polar surface area (TPSA) is 55.1 Å². The van der Waals surface area contributed by atoms with Crippen LogP contribution in [0.4, 0.5) is 13.2 Å². The van der Waals surface area contributed by atoms with Crippen molar-refractivity contribution in [3.8, 4) is 0 Å². The van der Waals surface area contributed by atoms with Gasteiger partial charge in [-0.25, -0.2) is 0 Å². The molecule has 2 unspecified atom stereocenters. The molecule has 0 saturated heterocycles. The molecule has 1 rings (SSSR count). The Bertz CT molecular complexity index is 230. The van der Waals surface area contributed by atoms with Gasteiger partial charge in [-0.1, -0.05) is 12.8 Å². The van der Waals surface area contributed by atoms with Crippen molar-refractivity contribution in [1.82, 2.24) is 5.32 Å². The number of hydrogen-bond acceptors (Lipinski definition) is 2. The van der Waals surface area contributed by atoms with E-state index in [2.05, 4.69) is 0 Å². The van der Waals surface area contributed by atoms with Crippen molar-refractivity contribution in [3.63, 3.8) is 0 Å². The van der Waals surface area contributed by atoms with Crippen LogP contribution in [0.5, 0.6) is 0 Å². The van der Waals surface area contributed by atoms with Crippen LogP contribution in [0.15, 0.2) is 0 Å². The minimum atomic E-state index is -4.80. The van der Waals surface area contributed by atoms with E-state index < -0.39 is 18.1 Å². The molecule has 0 aromatic rings. The summed E-state index contributed by atoms with van der Waals surface area (Å²) >= 11 is 0. The zero-order chi connectivity index (χ0) is 11.5. The lowest BCUT2D eigenvalue weighted by atomic mass is 9.84. The second-order valence-corrected chi connectivity index (χ2v) is 3.86. The molecule has 3 nitrogen and oxygen atoms in total. The van der Waals surface area contributed by atoms with Crippen molar-refractivity contribution in [1.29, 1.82) is 0 Å². The van der Waals surface area contributed by atoms with Gasteiger partial charge in [0.05, 0.1) is 0 Å². The molecule has 1 saturated carbocycles. The SMILES string of the molecule is NCC1CCCCC1NC(=O)C(F)(F)F. The first kappa shape index (κ1) is 12.3. The normalized spacial score (nSPS) is 27.5. The third kappa shape index (κ3) is 3.37. The summed E-state index contributed by atoms with van der Waals surface area (Å²) in [4.78, 5) is 10.7. The number of rotatable bonds is 2. The molecule has 0 aliphatic heterocycles. The van der Waals surface area contributed by atoms with Crippen LogP contribution in [0.25, 0.3) is 0 Å². The third-order valence-corrected chi connectivity index (χ3v) is 2.79. The fourth-order valence-electron chi connectivity index (χ4n) is 1.93. The number of carbonyl (C=O) groups is 1. The Labute approximate surface area is 86.2 Å². The molecule has 0 aromatic heterocycles. The van der Waals surface area contributed by atoms with Gasteiger partial charge in [-0.3, -0.25) is 4.79 Å². The quantitative estimate of drug-likeness (QED) is 0.740. The molecule has 2 atom stereocenters. The second kappa shape index (κ2) is 4.83. The van der Waals surface area contributed by atoms with Gasteiger partial charge in [0.2, 0.25) is 0 Å². The van der Waals surface area contributed by atoms with Crippen LogP contribution in [-0.4, -0.2) is 24.7 Å². The van der Waals surface area contributed by atoms with Crippen LogP contribution in [0, 0.1) is 5.92 Å². The van der Waals surface area contributed by atoms with Gasteiger partial charge < -0.3 is 11.1 Å². The summed E-state index contributed by atoms with van der Waals surface area (Å²) in [7, 11) is 0. The number of alkyl halides is 3. The molecular formula is C9H15F3N2O. The Hall–Kier alpha value is -0.780. The Kier molecular flexibility index (Phi) is 3.96. The number of carbonyl (C=O) groups excluding carboxylic acids is 1. The molecular weight excluding hydrogens is 209 g/mol. The van der Waals surface area contributed by atoms with Crippen LogP contribution in [0.3, 0.4) is 0 Å². The van der Waals surface area contributed by atoms with Gasteiger partial charge in [-0.2, -0.15) is 13.2 Å². The van der Waals surface area contributed by atoms with Crippen LogP contribution < -0.4 is 11.1 Å². The lowest BCUT2D eigenvalue weighted by molar-refractivity contribution is -0.175. The predicted molar refractivity (Wildman–Crippen MR) is 49.0 cm³/mol. The van der Waals surface area contributed by atoms with Gasteiger partial charge in [0.25, 0.3) is 0 Å². The predicted octanol–water partition coefficient (Wildman–Crippen LogP) is 1.18. The van der Waals surface area contributed by atoms with Gasteiger partial charge in [-0.05, 0) is 25.3 Å². The highest BCUT2D eigenvalue weighted by Crippen LogP contribution is 2.25. The molecule has 1 fully saturated rings. The first-order chi connectivity index (χ1) is 6.95. The van der Waals surface area contributed by atoms with Crippen LogP contribution in [0.1, 0.15) is 25.7 Å². The molecule has 6 heteroatoms. The van der Waals surface area contributed by atoms with E-state index in [1.54, 1.807) is 0 Å². The summed E-state index contributed by atoms with van der Waals surface area (Å²) in [6.07, 6.45) is -1.60. The van der Waals surface area contributed by atoms with Crippen molar-refractivity contribution in [2.45, 2.75) is 37.9 Å². The van der Waals surface area contributed by atoms with Crippen molar-refractivity contribution in [2.24, 2.45) is 11.7 Å². The minimum absolute atomic E-state index is 0.0231. The summed E-state index contributed by atoms with van der Waals surface area (Å²) in [6.45, 7) is 0.322. The van der Waals surface area contributed by atoms with E-state index in [1.807, 2.05) is 5.32 Å². The standard InChI is InChI=1S/C9H15F3N2O/c10-9(11,12)8(15)14-7-4-2-1-3-6(7)5-13/h6-7H,1-5,13H2,(H,14,15). The van der Waals surface area contributed by atoms with Crippen molar-refractivity contribution in [3.05, 3.63) is 0 Å². The first-order valence-electron chi connectivity index (χ1n) is 5.03. The Morgan fingerprint density at radius 3 is 2.47 bits per heavy atom. The zero-order valence-corrected chi connectivity index (χ0v) is 8.31. The van der Waals surface area contributed by atoms with E-state index in [-0.39, 0.29) is 5.92 Å². The number of nitrogens with two attached hydrogens (primary N) is 1. The number of halogens is 3. The summed E-state index contributed by atoms with van der Waals surface area (Å²) < 4.78 is 36.0. The molecule has 1 aliphatic rings. The summed E-state index contributed by atoms with van der Waals surface area (Å²) in [6, 6.07) is -0.419. The van der Waals surface area contributed by atoms with Gasteiger partial charge in [0.15, 0.2) is 0 Å². The van der Waals surface area contributed by atoms with Crippen molar-refractivity contribution < 1.29 is 18.0 Å². The van der Waals surface area contributed by atoms with Crippen molar-refractivity contribution in [2.75, 3.05) is 6.54 Å². The summed E-state index contributed by atoms with van der Waals surface area (Å²) in [5, 5.41) is 2.02. The second-order valence-electron chi connectivity index (χ2n) is 3.86. The minimum Gasteiger partial charge on any atom is -0.345 e. The fraction of sp³-hybridized carbons (Fsp3) is 0.889. The molecule has 1 aliphatic carbocycles. The highest BCUT2D eigenvalue weighted by molar-refractivity contribution is 5.81. The van der Waals surface area contributed by atoms with E-state index in [0.717, 1.165) is 19.3 Å². The smallest absolute Gasteiger partial charge is 0.345 e. The van der Waals surface area contributed by atoms with Gasteiger partial charge in [0.1, 0.15) is 0 Å². The van der Waals surface area contributed by atoms with Crippen LogP contribution in [0.2, 0.25) is 0 Å². The number of nitrogens with one attached hydrogen (secondary N) is 1. The molecule has 0 bridgehead atoms. The lowest BCUT2D eigenvalue weighted by Crippen LogP contribution is -2.49. The molecule has 0 aromatic carbocycles. The molecule has 88 valence electrons. The Balaban J connectivity index is 2.52. The lowest BCUT2D eigenvalue weighted by Gasteiger charge is -2.31. The molecule has 1 amide bonds. The maximum atomic E-state index is 12.0. The van der Waals surface area contributed by atoms with E-state index in [4.69, 9.17) is 5.73 Å². The zero-order valence-electron chi connectivity index (χ0n) is 8.31. The maximum Gasteiger partial charge on any atom is 0.471 e. The van der Waals surface area contributed by atoms with Gasteiger partial charge >= 0.3 is 12.1 Å². The van der Waals surface area contributed by atoms with Gasteiger partial charge in [0, 0.05) is 6.04 Å².